The third-order valence-electron chi connectivity index (χ3n) is 4.08. The van der Waals surface area contributed by atoms with E-state index in [1.54, 1.807) is 12.2 Å². The van der Waals surface area contributed by atoms with Gasteiger partial charge < -0.3 is 16.0 Å². The molecule has 1 fully saturated rings. The van der Waals surface area contributed by atoms with Crippen LogP contribution in [-0.4, -0.2) is 37.0 Å². The van der Waals surface area contributed by atoms with Crippen LogP contribution in [0.25, 0.3) is 6.08 Å². The standard InChI is InChI=1S/C17H25N3O/c1-20(16-4-2-3-5-16)13-12-19-17(21)11-8-14-6-9-15(18)10-7-14/h6-11,16H,2-5,12-13,18H2,1H3,(H,19,21)/b11-8+. The van der Waals surface area contributed by atoms with Crippen LogP contribution in [0, 0.1) is 0 Å². The predicted molar refractivity (Wildman–Crippen MR) is 87.8 cm³/mol. The van der Waals surface area contributed by atoms with Gasteiger partial charge in [-0.3, -0.25) is 4.79 Å². The number of hydrogen-bond acceptors (Lipinski definition) is 3. The number of nitrogens with zero attached hydrogens (tertiary/aromatic N) is 1. The molecule has 1 aromatic carbocycles. The van der Waals surface area contributed by atoms with Crippen molar-refractivity contribution in [1.82, 2.24) is 10.2 Å². The Morgan fingerprint density at radius 2 is 2.00 bits per heavy atom. The van der Waals surface area contributed by atoms with Gasteiger partial charge in [-0.15, -0.1) is 0 Å². The number of benzene rings is 1. The molecule has 0 aromatic heterocycles. The van der Waals surface area contributed by atoms with Gasteiger partial charge in [0.2, 0.25) is 5.91 Å². The summed E-state index contributed by atoms with van der Waals surface area (Å²) < 4.78 is 0. The lowest BCUT2D eigenvalue weighted by Crippen LogP contribution is -2.36. The Balaban J connectivity index is 1.68. The highest BCUT2D eigenvalue weighted by Crippen LogP contribution is 2.21. The molecule has 0 heterocycles. The number of nitrogens with one attached hydrogen (secondary N) is 1. The number of likely N-dealkylation sites (N-methyl/N-ethyl adjacent to an activating group) is 1. The van der Waals surface area contributed by atoms with Crippen molar-refractivity contribution in [3.05, 3.63) is 35.9 Å². The molecule has 4 nitrogen and oxygen atoms in total. The summed E-state index contributed by atoms with van der Waals surface area (Å²) in [6.07, 6.45) is 8.64. The number of rotatable bonds is 6. The van der Waals surface area contributed by atoms with E-state index >= 15 is 0 Å². The van der Waals surface area contributed by atoms with E-state index in [-0.39, 0.29) is 5.91 Å². The Hall–Kier alpha value is -1.81. The van der Waals surface area contributed by atoms with Gasteiger partial charge in [-0.25, -0.2) is 0 Å². The monoisotopic (exact) mass is 287 g/mol. The number of carbonyl (C=O) groups is 1. The lowest BCUT2D eigenvalue weighted by molar-refractivity contribution is -0.116. The van der Waals surface area contributed by atoms with E-state index in [0.717, 1.165) is 17.8 Å². The van der Waals surface area contributed by atoms with Crippen molar-refractivity contribution < 1.29 is 4.79 Å². The highest BCUT2D eigenvalue weighted by atomic mass is 16.1. The topological polar surface area (TPSA) is 58.4 Å². The molecule has 114 valence electrons. The van der Waals surface area contributed by atoms with Gasteiger partial charge >= 0.3 is 0 Å². The molecule has 0 saturated heterocycles. The maximum absolute atomic E-state index is 11.7. The lowest BCUT2D eigenvalue weighted by atomic mass is 10.2. The van der Waals surface area contributed by atoms with Crippen molar-refractivity contribution >= 4 is 17.7 Å². The lowest BCUT2D eigenvalue weighted by Gasteiger charge is -2.23. The number of carbonyl (C=O) groups excluding carboxylic acids is 1. The molecular weight excluding hydrogens is 262 g/mol. The van der Waals surface area contributed by atoms with Gasteiger partial charge in [0.15, 0.2) is 0 Å². The zero-order valence-electron chi connectivity index (χ0n) is 12.7. The summed E-state index contributed by atoms with van der Waals surface area (Å²) in [4.78, 5) is 14.1. The Morgan fingerprint density at radius 1 is 1.33 bits per heavy atom. The minimum Gasteiger partial charge on any atom is -0.399 e. The zero-order valence-corrected chi connectivity index (χ0v) is 12.7. The van der Waals surface area contributed by atoms with E-state index < -0.39 is 0 Å². The Labute approximate surface area is 127 Å². The second-order valence-corrected chi connectivity index (χ2v) is 5.71. The van der Waals surface area contributed by atoms with Crippen molar-refractivity contribution in [2.45, 2.75) is 31.7 Å². The van der Waals surface area contributed by atoms with Gasteiger partial charge in [0.25, 0.3) is 0 Å². The highest BCUT2D eigenvalue weighted by Gasteiger charge is 2.18. The number of anilines is 1. The summed E-state index contributed by atoms with van der Waals surface area (Å²) in [5.74, 6) is -0.0494. The van der Waals surface area contributed by atoms with Crippen molar-refractivity contribution in [3.63, 3.8) is 0 Å². The highest BCUT2D eigenvalue weighted by molar-refractivity contribution is 5.91. The van der Waals surface area contributed by atoms with Crippen molar-refractivity contribution in [3.8, 4) is 0 Å². The molecular formula is C17H25N3O. The SMILES string of the molecule is CN(CCNC(=O)/C=C/c1ccc(N)cc1)C1CCCC1. The van der Waals surface area contributed by atoms with Gasteiger partial charge in [0.05, 0.1) is 0 Å². The van der Waals surface area contributed by atoms with E-state index in [1.807, 2.05) is 24.3 Å². The van der Waals surface area contributed by atoms with Crippen LogP contribution < -0.4 is 11.1 Å². The second kappa shape index (κ2) is 7.84. The van der Waals surface area contributed by atoms with Crippen molar-refractivity contribution in [2.24, 2.45) is 0 Å². The van der Waals surface area contributed by atoms with Gasteiger partial charge in [-0.05, 0) is 43.7 Å². The van der Waals surface area contributed by atoms with E-state index in [1.165, 1.54) is 25.7 Å². The maximum atomic E-state index is 11.7. The van der Waals surface area contributed by atoms with Gasteiger partial charge in [-0.2, -0.15) is 0 Å². The molecule has 1 amide bonds. The first kappa shape index (κ1) is 15.6. The second-order valence-electron chi connectivity index (χ2n) is 5.71. The zero-order chi connectivity index (χ0) is 15.1. The van der Waals surface area contributed by atoms with Crippen LogP contribution in [0.4, 0.5) is 5.69 Å². The molecule has 3 N–H and O–H groups in total. The molecule has 1 aromatic rings. The summed E-state index contributed by atoms with van der Waals surface area (Å²) in [5.41, 5.74) is 7.32. The number of nitrogens with two attached hydrogens (primary N) is 1. The third-order valence-corrected chi connectivity index (χ3v) is 4.08. The molecule has 0 spiro atoms. The molecule has 21 heavy (non-hydrogen) atoms. The minimum atomic E-state index is -0.0494. The fourth-order valence-electron chi connectivity index (χ4n) is 2.72. The van der Waals surface area contributed by atoms with E-state index in [4.69, 9.17) is 5.73 Å². The molecule has 1 aliphatic carbocycles. The molecule has 1 saturated carbocycles. The summed E-state index contributed by atoms with van der Waals surface area (Å²) in [6, 6.07) is 8.15. The van der Waals surface area contributed by atoms with Gasteiger partial charge in [0.1, 0.15) is 0 Å². The van der Waals surface area contributed by atoms with Crippen LogP contribution in [0.1, 0.15) is 31.2 Å². The summed E-state index contributed by atoms with van der Waals surface area (Å²) in [5, 5.41) is 2.93. The number of hydrogen-bond donors (Lipinski definition) is 2. The Kier molecular flexibility index (Phi) is 5.81. The summed E-state index contributed by atoms with van der Waals surface area (Å²) in [7, 11) is 2.15. The number of amides is 1. The Bertz CT molecular complexity index is 475. The minimum absolute atomic E-state index is 0.0494. The predicted octanol–water partition coefficient (Wildman–Crippen LogP) is 2.27. The van der Waals surface area contributed by atoms with Crippen LogP contribution in [0.15, 0.2) is 30.3 Å². The van der Waals surface area contributed by atoms with Gasteiger partial charge in [-0.1, -0.05) is 25.0 Å². The normalized spacial score (nSPS) is 15.9. The fourth-order valence-corrected chi connectivity index (χ4v) is 2.72. The van der Waals surface area contributed by atoms with Crippen LogP contribution in [-0.2, 0) is 4.79 Å². The first-order chi connectivity index (χ1) is 10.1. The van der Waals surface area contributed by atoms with E-state index in [2.05, 4.69) is 17.3 Å². The van der Waals surface area contributed by atoms with E-state index in [0.29, 0.717) is 12.6 Å². The first-order valence-electron chi connectivity index (χ1n) is 7.67. The molecule has 1 aliphatic rings. The smallest absolute Gasteiger partial charge is 0.244 e. The maximum Gasteiger partial charge on any atom is 0.244 e. The molecule has 0 unspecified atom stereocenters. The van der Waals surface area contributed by atoms with Crippen LogP contribution >= 0.6 is 0 Å². The molecule has 0 aliphatic heterocycles. The quantitative estimate of drug-likeness (QED) is 0.623. The molecule has 0 atom stereocenters. The average Bonchev–Trinajstić information content (AvgIpc) is 3.01. The van der Waals surface area contributed by atoms with E-state index in [9.17, 15) is 4.79 Å². The van der Waals surface area contributed by atoms with Crippen LogP contribution in [0.3, 0.4) is 0 Å². The molecule has 4 heteroatoms. The third kappa shape index (κ3) is 5.23. The summed E-state index contributed by atoms with van der Waals surface area (Å²) in [6.45, 7) is 1.60. The van der Waals surface area contributed by atoms with Crippen LogP contribution in [0.5, 0.6) is 0 Å². The molecule has 2 rings (SSSR count). The first-order valence-corrected chi connectivity index (χ1v) is 7.67. The summed E-state index contributed by atoms with van der Waals surface area (Å²) >= 11 is 0. The average molecular weight is 287 g/mol. The largest absolute Gasteiger partial charge is 0.399 e. The molecule has 0 radical (unpaired) electrons. The molecule has 0 bridgehead atoms. The fraction of sp³-hybridized carbons (Fsp3) is 0.471. The van der Waals surface area contributed by atoms with Crippen molar-refractivity contribution in [2.75, 3.05) is 25.9 Å². The van der Waals surface area contributed by atoms with Gasteiger partial charge in [0, 0.05) is 30.9 Å². The van der Waals surface area contributed by atoms with Crippen LogP contribution in [0.2, 0.25) is 0 Å². The number of nitrogen functional groups attached to an aromatic ring is 1. The van der Waals surface area contributed by atoms with Crippen molar-refractivity contribution in [1.29, 1.82) is 0 Å². The Morgan fingerprint density at radius 3 is 2.67 bits per heavy atom.